The molecule has 0 saturated carbocycles. The lowest BCUT2D eigenvalue weighted by molar-refractivity contribution is 0.414. The maximum atomic E-state index is 6.33. The molecule has 0 heterocycles. The van der Waals surface area contributed by atoms with Crippen LogP contribution in [0.2, 0.25) is 15.1 Å². The van der Waals surface area contributed by atoms with Crippen LogP contribution in [0.25, 0.3) is 0 Å². The number of halogens is 3. The molecule has 0 bridgehead atoms. The van der Waals surface area contributed by atoms with E-state index in [4.69, 9.17) is 39.5 Å². The van der Waals surface area contributed by atoms with E-state index in [-0.39, 0.29) is 6.04 Å². The van der Waals surface area contributed by atoms with Crippen molar-refractivity contribution >= 4 is 34.8 Å². The number of benzene rings is 2. The summed E-state index contributed by atoms with van der Waals surface area (Å²) in [6, 6.07) is 10.8. The Labute approximate surface area is 133 Å². The second kappa shape index (κ2) is 6.68. The highest BCUT2D eigenvalue weighted by molar-refractivity contribution is 6.36. The third kappa shape index (κ3) is 3.04. The van der Waals surface area contributed by atoms with Gasteiger partial charge in [0.2, 0.25) is 0 Å². The smallest absolute Gasteiger partial charge is 0.120 e. The van der Waals surface area contributed by atoms with Gasteiger partial charge in [0.1, 0.15) is 5.75 Å². The van der Waals surface area contributed by atoms with Crippen LogP contribution in [-0.4, -0.2) is 14.2 Å². The van der Waals surface area contributed by atoms with E-state index in [1.54, 1.807) is 13.2 Å². The molecule has 0 fully saturated rings. The summed E-state index contributed by atoms with van der Waals surface area (Å²) < 4.78 is 5.16. The zero-order valence-electron chi connectivity index (χ0n) is 11.1. The summed E-state index contributed by atoms with van der Waals surface area (Å²) in [5.41, 5.74) is 1.70. The Morgan fingerprint density at radius 1 is 1.00 bits per heavy atom. The van der Waals surface area contributed by atoms with Gasteiger partial charge in [0, 0.05) is 20.6 Å². The average molecular weight is 331 g/mol. The fourth-order valence-corrected chi connectivity index (χ4v) is 3.01. The van der Waals surface area contributed by atoms with Crippen molar-refractivity contribution in [3.8, 4) is 5.75 Å². The normalized spacial score (nSPS) is 12.2. The van der Waals surface area contributed by atoms with Crippen molar-refractivity contribution in [3.05, 3.63) is 62.6 Å². The number of methoxy groups -OCH3 is 1. The van der Waals surface area contributed by atoms with Crippen LogP contribution < -0.4 is 10.1 Å². The Balaban J connectivity index is 2.53. The van der Waals surface area contributed by atoms with E-state index in [0.29, 0.717) is 20.8 Å². The van der Waals surface area contributed by atoms with Crippen LogP contribution in [0.15, 0.2) is 36.4 Å². The molecule has 2 aromatic rings. The van der Waals surface area contributed by atoms with Crippen LogP contribution in [-0.2, 0) is 0 Å². The van der Waals surface area contributed by atoms with E-state index in [0.717, 1.165) is 11.1 Å². The number of ether oxygens (including phenoxy) is 1. The molecule has 0 spiro atoms. The molecule has 0 radical (unpaired) electrons. The topological polar surface area (TPSA) is 21.3 Å². The van der Waals surface area contributed by atoms with Crippen LogP contribution in [0, 0.1) is 0 Å². The van der Waals surface area contributed by atoms with Crippen LogP contribution in [0.5, 0.6) is 5.75 Å². The third-order valence-corrected chi connectivity index (χ3v) is 4.08. The van der Waals surface area contributed by atoms with Gasteiger partial charge in [-0.1, -0.05) is 46.9 Å². The minimum absolute atomic E-state index is 0.186. The maximum Gasteiger partial charge on any atom is 0.120 e. The summed E-state index contributed by atoms with van der Waals surface area (Å²) in [7, 11) is 3.44. The fraction of sp³-hybridized carbons (Fsp3) is 0.200. The minimum atomic E-state index is -0.186. The van der Waals surface area contributed by atoms with Gasteiger partial charge >= 0.3 is 0 Å². The van der Waals surface area contributed by atoms with E-state index < -0.39 is 0 Å². The zero-order valence-corrected chi connectivity index (χ0v) is 13.4. The third-order valence-electron chi connectivity index (χ3n) is 3.10. The van der Waals surface area contributed by atoms with Gasteiger partial charge in [0.15, 0.2) is 0 Å². The summed E-state index contributed by atoms with van der Waals surface area (Å²) in [6.45, 7) is 0. The molecule has 2 aromatic carbocycles. The van der Waals surface area contributed by atoms with Gasteiger partial charge in [0.25, 0.3) is 0 Å². The number of hydrogen-bond acceptors (Lipinski definition) is 2. The average Bonchev–Trinajstić information content (AvgIpc) is 2.43. The number of nitrogens with one attached hydrogen (secondary N) is 1. The van der Waals surface area contributed by atoms with E-state index in [1.165, 1.54) is 0 Å². The van der Waals surface area contributed by atoms with Crippen LogP contribution >= 0.6 is 34.8 Å². The molecule has 0 aliphatic heterocycles. The summed E-state index contributed by atoms with van der Waals surface area (Å²) in [5, 5.41) is 5.00. The van der Waals surface area contributed by atoms with Crippen molar-refractivity contribution < 1.29 is 4.74 Å². The molecule has 1 N–H and O–H groups in total. The van der Waals surface area contributed by atoms with Gasteiger partial charge in [-0.3, -0.25) is 0 Å². The molecule has 0 saturated heterocycles. The Morgan fingerprint density at radius 2 is 1.65 bits per heavy atom. The lowest BCUT2D eigenvalue weighted by atomic mass is 9.98. The minimum Gasteiger partial charge on any atom is -0.497 e. The Hall–Kier alpha value is -0.930. The fourth-order valence-electron chi connectivity index (χ4n) is 2.11. The second-order valence-electron chi connectivity index (χ2n) is 4.24. The first-order valence-corrected chi connectivity index (χ1v) is 7.16. The van der Waals surface area contributed by atoms with E-state index >= 15 is 0 Å². The number of hydrogen-bond donors (Lipinski definition) is 1. The van der Waals surface area contributed by atoms with Crippen molar-refractivity contribution in [1.29, 1.82) is 0 Å². The molecule has 0 aromatic heterocycles. The summed E-state index contributed by atoms with van der Waals surface area (Å²) in [6.07, 6.45) is 0. The predicted molar refractivity (Wildman–Crippen MR) is 85.4 cm³/mol. The molecule has 2 rings (SSSR count). The van der Waals surface area contributed by atoms with Crippen LogP contribution in [0.3, 0.4) is 0 Å². The van der Waals surface area contributed by atoms with Crippen molar-refractivity contribution in [1.82, 2.24) is 5.32 Å². The molecule has 5 heteroatoms. The van der Waals surface area contributed by atoms with Crippen molar-refractivity contribution in [3.63, 3.8) is 0 Å². The highest BCUT2D eigenvalue weighted by Crippen LogP contribution is 2.37. The molecule has 0 aliphatic carbocycles. The van der Waals surface area contributed by atoms with E-state index in [9.17, 15) is 0 Å². The SMILES string of the molecule is CNC(c1ccc(OC)cc1Cl)c1c(Cl)cccc1Cl. The van der Waals surface area contributed by atoms with Gasteiger partial charge in [-0.2, -0.15) is 0 Å². The first-order valence-electron chi connectivity index (χ1n) is 6.03. The maximum absolute atomic E-state index is 6.33. The van der Waals surface area contributed by atoms with Crippen molar-refractivity contribution in [2.24, 2.45) is 0 Å². The summed E-state index contributed by atoms with van der Waals surface area (Å²) in [5.74, 6) is 0.707. The van der Waals surface area contributed by atoms with Gasteiger partial charge < -0.3 is 10.1 Å². The van der Waals surface area contributed by atoms with Crippen LogP contribution in [0.1, 0.15) is 17.2 Å². The molecule has 0 aliphatic rings. The standard InChI is InChI=1S/C15H14Cl3NO/c1-19-15(14-11(16)4-3-5-12(14)17)10-7-6-9(20-2)8-13(10)18/h3-8,15,19H,1-2H3. The highest BCUT2D eigenvalue weighted by Gasteiger charge is 2.20. The van der Waals surface area contributed by atoms with Crippen molar-refractivity contribution in [2.75, 3.05) is 14.2 Å². The quantitative estimate of drug-likeness (QED) is 0.855. The van der Waals surface area contributed by atoms with E-state index in [1.807, 2.05) is 37.4 Å². The molecule has 0 amide bonds. The predicted octanol–water partition coefficient (Wildman–Crippen LogP) is 4.96. The molecule has 2 nitrogen and oxygen atoms in total. The molecule has 20 heavy (non-hydrogen) atoms. The van der Waals surface area contributed by atoms with Gasteiger partial charge in [-0.15, -0.1) is 0 Å². The van der Waals surface area contributed by atoms with E-state index in [2.05, 4.69) is 5.32 Å². The Kier molecular flexibility index (Phi) is 5.17. The monoisotopic (exact) mass is 329 g/mol. The van der Waals surface area contributed by atoms with Crippen molar-refractivity contribution in [2.45, 2.75) is 6.04 Å². The molecule has 1 atom stereocenters. The molecular weight excluding hydrogens is 317 g/mol. The molecular formula is C15H14Cl3NO. The zero-order chi connectivity index (χ0) is 14.7. The summed E-state index contributed by atoms with van der Waals surface area (Å²) >= 11 is 18.9. The number of rotatable bonds is 4. The Bertz CT molecular complexity index is 596. The largest absolute Gasteiger partial charge is 0.497 e. The van der Waals surface area contributed by atoms with Gasteiger partial charge in [-0.05, 0) is 36.9 Å². The second-order valence-corrected chi connectivity index (χ2v) is 5.47. The summed E-state index contributed by atoms with van der Waals surface area (Å²) in [4.78, 5) is 0. The van der Waals surface area contributed by atoms with Gasteiger partial charge in [-0.25, -0.2) is 0 Å². The first kappa shape index (κ1) is 15.5. The molecule has 106 valence electrons. The lowest BCUT2D eigenvalue weighted by Gasteiger charge is -2.21. The van der Waals surface area contributed by atoms with Crippen LogP contribution in [0.4, 0.5) is 0 Å². The van der Waals surface area contributed by atoms with Gasteiger partial charge in [0.05, 0.1) is 13.2 Å². The first-order chi connectivity index (χ1) is 9.58. The Morgan fingerprint density at radius 3 is 2.15 bits per heavy atom. The molecule has 1 unspecified atom stereocenters. The lowest BCUT2D eigenvalue weighted by Crippen LogP contribution is -2.19. The highest BCUT2D eigenvalue weighted by atomic mass is 35.5.